The van der Waals surface area contributed by atoms with E-state index in [1.807, 2.05) is 0 Å². The maximum absolute atomic E-state index is 11.6. The number of nitrogens with one attached hydrogen (secondary N) is 1. The van der Waals surface area contributed by atoms with Gasteiger partial charge in [0.15, 0.2) is 0 Å². The Morgan fingerprint density at radius 1 is 1.35 bits per heavy atom. The topological polar surface area (TPSA) is 102 Å². The molecule has 1 aromatic rings. The highest BCUT2D eigenvalue weighted by atomic mass is 32.2. The highest BCUT2D eigenvalue weighted by Crippen LogP contribution is 2.18. The first-order chi connectivity index (χ1) is 9.43. The van der Waals surface area contributed by atoms with Crippen molar-refractivity contribution < 1.29 is 27.8 Å². The van der Waals surface area contributed by atoms with Crippen LogP contribution in [-0.2, 0) is 19.6 Å². The number of methoxy groups -OCH3 is 1. The largest absolute Gasteiger partial charge is 0.491 e. The number of aliphatic carboxylic acids is 1. The van der Waals surface area contributed by atoms with Gasteiger partial charge in [0.2, 0.25) is 10.0 Å². The van der Waals surface area contributed by atoms with Crippen molar-refractivity contribution >= 4 is 21.7 Å². The summed E-state index contributed by atoms with van der Waals surface area (Å²) in [6.07, 6.45) is -0.445. The van der Waals surface area contributed by atoms with Crippen LogP contribution < -0.4 is 9.46 Å². The minimum absolute atomic E-state index is 0.324. The summed E-state index contributed by atoms with van der Waals surface area (Å²) in [7, 11) is -2.13. The van der Waals surface area contributed by atoms with E-state index in [0.717, 1.165) is 0 Å². The van der Waals surface area contributed by atoms with Gasteiger partial charge in [-0.05, 0) is 12.1 Å². The number of anilines is 1. The Hall–Kier alpha value is -1.80. The zero-order valence-corrected chi connectivity index (χ0v) is 11.9. The van der Waals surface area contributed by atoms with Crippen LogP contribution in [0.1, 0.15) is 6.42 Å². The average molecular weight is 303 g/mol. The smallest absolute Gasteiger partial charge is 0.304 e. The quantitative estimate of drug-likeness (QED) is 0.658. The second-order valence-electron chi connectivity index (χ2n) is 3.93. The molecule has 0 saturated carbocycles. The average Bonchev–Trinajstić information content (AvgIpc) is 2.37. The van der Waals surface area contributed by atoms with E-state index in [1.165, 1.54) is 6.07 Å². The molecule has 7 nitrogen and oxygen atoms in total. The third-order valence-electron chi connectivity index (χ3n) is 2.25. The van der Waals surface area contributed by atoms with Gasteiger partial charge in [-0.15, -0.1) is 0 Å². The zero-order valence-electron chi connectivity index (χ0n) is 11.0. The van der Waals surface area contributed by atoms with Crippen molar-refractivity contribution in [1.29, 1.82) is 0 Å². The number of ether oxygens (including phenoxy) is 2. The fraction of sp³-hybridized carbons (Fsp3) is 0.417. The molecule has 20 heavy (non-hydrogen) atoms. The van der Waals surface area contributed by atoms with Crippen LogP contribution in [0.3, 0.4) is 0 Å². The lowest BCUT2D eigenvalue weighted by Crippen LogP contribution is -2.18. The van der Waals surface area contributed by atoms with Crippen LogP contribution in [0, 0.1) is 0 Å². The molecule has 0 spiro atoms. The Balaban J connectivity index is 2.63. The number of carbonyl (C=O) groups is 1. The lowest BCUT2D eigenvalue weighted by atomic mass is 10.3. The van der Waals surface area contributed by atoms with Gasteiger partial charge in [0, 0.05) is 13.2 Å². The van der Waals surface area contributed by atoms with Gasteiger partial charge in [0.1, 0.15) is 12.4 Å². The number of hydrogen-bond donors (Lipinski definition) is 2. The van der Waals surface area contributed by atoms with E-state index in [-0.39, 0.29) is 0 Å². The summed E-state index contributed by atoms with van der Waals surface area (Å²) in [6, 6.07) is 6.40. The highest BCUT2D eigenvalue weighted by molar-refractivity contribution is 7.92. The summed E-state index contributed by atoms with van der Waals surface area (Å²) in [4.78, 5) is 10.4. The summed E-state index contributed by atoms with van der Waals surface area (Å²) in [6.45, 7) is 0.778. The van der Waals surface area contributed by atoms with Crippen LogP contribution in [0.4, 0.5) is 5.69 Å². The monoisotopic (exact) mass is 303 g/mol. The Morgan fingerprint density at radius 2 is 2.10 bits per heavy atom. The fourth-order valence-electron chi connectivity index (χ4n) is 1.34. The summed E-state index contributed by atoms with van der Waals surface area (Å²) in [5.74, 6) is -1.13. The number of sulfonamides is 1. The van der Waals surface area contributed by atoms with Crippen LogP contribution >= 0.6 is 0 Å². The number of rotatable bonds is 9. The second kappa shape index (κ2) is 7.71. The number of carboxylic acids is 1. The summed E-state index contributed by atoms with van der Waals surface area (Å²) in [5, 5.41) is 8.48. The molecule has 0 unspecified atom stereocenters. The Kier molecular flexibility index (Phi) is 6.26. The molecule has 0 aliphatic heterocycles. The molecule has 0 amide bonds. The Bertz CT molecular complexity index is 543. The van der Waals surface area contributed by atoms with E-state index in [4.69, 9.17) is 14.6 Å². The van der Waals surface area contributed by atoms with E-state index >= 15 is 0 Å². The van der Waals surface area contributed by atoms with Crippen molar-refractivity contribution in [2.75, 3.05) is 30.8 Å². The van der Waals surface area contributed by atoms with E-state index < -0.39 is 28.2 Å². The third-order valence-corrected chi connectivity index (χ3v) is 3.54. The normalized spacial score (nSPS) is 11.1. The highest BCUT2D eigenvalue weighted by Gasteiger charge is 2.13. The van der Waals surface area contributed by atoms with Gasteiger partial charge in [-0.1, -0.05) is 6.07 Å². The number of carboxylic acid groups (broad SMARTS) is 1. The van der Waals surface area contributed by atoms with Gasteiger partial charge in [-0.25, -0.2) is 8.42 Å². The van der Waals surface area contributed by atoms with Crippen LogP contribution in [0.2, 0.25) is 0 Å². The van der Waals surface area contributed by atoms with Crippen molar-refractivity contribution in [3.8, 4) is 5.75 Å². The molecule has 1 aromatic carbocycles. The van der Waals surface area contributed by atoms with Crippen LogP contribution in [0.5, 0.6) is 5.75 Å². The molecule has 0 heterocycles. The fourth-order valence-corrected chi connectivity index (χ4v) is 2.38. The lowest BCUT2D eigenvalue weighted by molar-refractivity contribution is -0.136. The number of benzene rings is 1. The first kappa shape index (κ1) is 16.3. The van der Waals surface area contributed by atoms with Crippen LogP contribution in [0.15, 0.2) is 24.3 Å². The van der Waals surface area contributed by atoms with Crippen molar-refractivity contribution in [3.63, 3.8) is 0 Å². The molecule has 0 saturated heterocycles. The standard InChI is InChI=1S/C12H17NO6S/c1-18-6-7-19-11-4-2-3-10(9-11)13-20(16,17)8-5-12(14)15/h2-4,9,13H,5-8H2,1H3,(H,14,15). The first-order valence-corrected chi connectivity index (χ1v) is 7.52. The van der Waals surface area contributed by atoms with Gasteiger partial charge in [-0.2, -0.15) is 0 Å². The zero-order chi connectivity index (χ0) is 15.0. The predicted molar refractivity (Wildman–Crippen MR) is 73.5 cm³/mol. The minimum atomic E-state index is -3.68. The maximum Gasteiger partial charge on any atom is 0.304 e. The molecule has 2 N–H and O–H groups in total. The minimum Gasteiger partial charge on any atom is -0.491 e. The van der Waals surface area contributed by atoms with Crippen molar-refractivity contribution in [2.45, 2.75) is 6.42 Å². The molecule has 0 bridgehead atoms. The molecule has 0 radical (unpaired) electrons. The van der Waals surface area contributed by atoms with Crippen molar-refractivity contribution in [2.24, 2.45) is 0 Å². The molecule has 1 rings (SSSR count). The van der Waals surface area contributed by atoms with E-state index in [1.54, 1.807) is 25.3 Å². The molecule has 8 heteroatoms. The third kappa shape index (κ3) is 6.39. The molecular formula is C12H17NO6S. The van der Waals surface area contributed by atoms with E-state index in [0.29, 0.717) is 24.7 Å². The first-order valence-electron chi connectivity index (χ1n) is 5.87. The lowest BCUT2D eigenvalue weighted by Gasteiger charge is -2.09. The predicted octanol–water partition coefficient (Wildman–Crippen LogP) is 0.928. The van der Waals surface area contributed by atoms with Crippen molar-refractivity contribution in [3.05, 3.63) is 24.3 Å². The molecule has 0 aromatic heterocycles. The van der Waals surface area contributed by atoms with Crippen LogP contribution in [0.25, 0.3) is 0 Å². The van der Waals surface area contributed by atoms with Crippen molar-refractivity contribution in [1.82, 2.24) is 0 Å². The van der Waals surface area contributed by atoms with Crippen LogP contribution in [-0.4, -0.2) is 45.6 Å². The summed E-state index contributed by atoms with van der Waals surface area (Å²) >= 11 is 0. The Labute approximate surface area is 117 Å². The molecule has 112 valence electrons. The molecule has 0 atom stereocenters. The van der Waals surface area contributed by atoms with Gasteiger partial charge in [-0.3, -0.25) is 9.52 Å². The Morgan fingerprint density at radius 3 is 2.75 bits per heavy atom. The second-order valence-corrected chi connectivity index (χ2v) is 5.78. The molecule has 0 fully saturated rings. The molecular weight excluding hydrogens is 286 g/mol. The summed E-state index contributed by atoms with van der Waals surface area (Å²) < 4.78 is 35.8. The maximum atomic E-state index is 11.6. The SMILES string of the molecule is COCCOc1cccc(NS(=O)(=O)CCC(=O)O)c1. The summed E-state index contributed by atoms with van der Waals surface area (Å²) in [5.41, 5.74) is 0.324. The van der Waals surface area contributed by atoms with E-state index in [2.05, 4.69) is 4.72 Å². The van der Waals surface area contributed by atoms with Gasteiger partial charge in [0.05, 0.1) is 24.5 Å². The van der Waals surface area contributed by atoms with Gasteiger partial charge >= 0.3 is 5.97 Å². The van der Waals surface area contributed by atoms with Gasteiger partial charge in [0.25, 0.3) is 0 Å². The number of hydrogen-bond acceptors (Lipinski definition) is 5. The van der Waals surface area contributed by atoms with Gasteiger partial charge < -0.3 is 14.6 Å². The van der Waals surface area contributed by atoms with E-state index in [9.17, 15) is 13.2 Å². The molecule has 0 aliphatic rings. The molecule has 0 aliphatic carbocycles.